The van der Waals surface area contributed by atoms with Crippen LogP contribution in [0.25, 0.3) is 0 Å². The Balaban J connectivity index is 2.38. The lowest BCUT2D eigenvalue weighted by Gasteiger charge is -2.22. The maximum Gasteiger partial charge on any atom is 0.150 e. The van der Waals surface area contributed by atoms with E-state index in [0.717, 1.165) is 5.92 Å². The second-order valence-corrected chi connectivity index (χ2v) is 14.5. The first-order chi connectivity index (χ1) is 10.1. The molecule has 1 aliphatic carbocycles. The third-order valence-electron chi connectivity index (χ3n) is 4.67. The van der Waals surface area contributed by atoms with Crippen molar-refractivity contribution in [1.29, 1.82) is 0 Å². The molecule has 0 fully saturated rings. The van der Waals surface area contributed by atoms with Crippen LogP contribution in [0.1, 0.15) is 83.5 Å². The first kappa shape index (κ1) is 19.3. The van der Waals surface area contributed by atoms with Gasteiger partial charge in [0.25, 0.3) is 0 Å². The van der Waals surface area contributed by atoms with Crippen LogP contribution in [0, 0.1) is 5.92 Å². The summed E-state index contributed by atoms with van der Waals surface area (Å²) < 4.78 is 0. The summed E-state index contributed by atoms with van der Waals surface area (Å²) in [6, 6.07) is 1.31. The van der Waals surface area contributed by atoms with Gasteiger partial charge in [0.05, 0.1) is 0 Å². The molecule has 0 saturated carbocycles. The van der Waals surface area contributed by atoms with Crippen LogP contribution in [0.5, 0.6) is 0 Å². The van der Waals surface area contributed by atoms with Gasteiger partial charge in [-0.3, -0.25) is 0 Å². The Labute approximate surface area is 139 Å². The third-order valence-corrected chi connectivity index (χ3v) is 6.68. The van der Waals surface area contributed by atoms with Gasteiger partial charge in [0.2, 0.25) is 0 Å². The van der Waals surface area contributed by atoms with Crippen LogP contribution >= 0.6 is 11.1 Å². The van der Waals surface area contributed by atoms with Crippen LogP contribution in [0.2, 0.25) is 19.1 Å². The topological polar surface area (TPSA) is 0 Å². The quantitative estimate of drug-likeness (QED) is 0.277. The zero-order valence-corrected chi connectivity index (χ0v) is 16.3. The van der Waals surface area contributed by atoms with Gasteiger partial charge in [-0.1, -0.05) is 83.0 Å². The lowest BCUT2D eigenvalue weighted by molar-refractivity contribution is 0.453. The molecule has 0 saturated heterocycles. The van der Waals surface area contributed by atoms with Crippen LogP contribution < -0.4 is 0 Å². The van der Waals surface area contributed by atoms with E-state index in [4.69, 9.17) is 11.1 Å². The van der Waals surface area contributed by atoms with Gasteiger partial charge < -0.3 is 0 Å². The Morgan fingerprint density at radius 3 is 1.90 bits per heavy atom. The standard InChI is InChI=1S/C19H37ClSi/c1-21(2,20)18-19-16-14-12-10-8-6-4-3-5-7-9-11-13-15-17-19/h10,12,19H,3-9,11,13-18H2,1-2H3. The van der Waals surface area contributed by atoms with Gasteiger partial charge in [0.15, 0.2) is 7.38 Å². The summed E-state index contributed by atoms with van der Waals surface area (Å²) in [5.74, 6) is 0.877. The van der Waals surface area contributed by atoms with Crippen molar-refractivity contribution >= 4 is 18.5 Å². The molecule has 0 heterocycles. The second-order valence-electron chi connectivity index (χ2n) is 7.60. The van der Waals surface area contributed by atoms with Gasteiger partial charge in [-0.05, 0) is 37.6 Å². The maximum atomic E-state index is 6.60. The van der Waals surface area contributed by atoms with E-state index in [-0.39, 0.29) is 0 Å². The summed E-state index contributed by atoms with van der Waals surface area (Å²) in [6.45, 7) is 4.62. The molecule has 0 aromatic heterocycles. The van der Waals surface area contributed by atoms with E-state index >= 15 is 0 Å². The molecule has 21 heavy (non-hydrogen) atoms. The van der Waals surface area contributed by atoms with Crippen molar-refractivity contribution in [2.24, 2.45) is 5.92 Å². The highest BCUT2D eigenvalue weighted by molar-refractivity contribution is 7.19. The highest BCUT2D eigenvalue weighted by Gasteiger charge is 2.22. The van der Waals surface area contributed by atoms with Crippen LogP contribution in [-0.2, 0) is 0 Å². The number of halogens is 1. The monoisotopic (exact) mass is 328 g/mol. The predicted octanol–water partition coefficient (Wildman–Crippen LogP) is 7.69. The summed E-state index contributed by atoms with van der Waals surface area (Å²) in [4.78, 5) is 0. The molecule has 1 rings (SSSR count). The predicted molar refractivity (Wildman–Crippen MR) is 101 cm³/mol. The SMILES string of the molecule is C[Si](C)(Cl)CC1CCC=CCCCCCCCCCCC1. The van der Waals surface area contributed by atoms with Gasteiger partial charge in [-0.15, -0.1) is 0 Å². The summed E-state index contributed by atoms with van der Waals surface area (Å²) in [5.41, 5.74) is 0. The minimum absolute atomic E-state index is 0.877. The number of hydrogen-bond acceptors (Lipinski definition) is 0. The Bertz CT molecular complexity index is 267. The van der Waals surface area contributed by atoms with Gasteiger partial charge in [0.1, 0.15) is 0 Å². The Hall–Kier alpha value is 0.247. The third kappa shape index (κ3) is 12.5. The van der Waals surface area contributed by atoms with Crippen molar-refractivity contribution in [3.05, 3.63) is 12.2 Å². The molecule has 1 atom stereocenters. The molecule has 0 aromatic rings. The normalized spacial score (nSPS) is 24.8. The van der Waals surface area contributed by atoms with Crippen molar-refractivity contribution in [2.75, 3.05) is 0 Å². The van der Waals surface area contributed by atoms with E-state index in [1.807, 2.05) is 0 Å². The summed E-state index contributed by atoms with van der Waals surface area (Å²) >= 11 is 6.60. The molecule has 2 heteroatoms. The second kappa shape index (κ2) is 11.8. The van der Waals surface area contributed by atoms with Crippen LogP contribution in [0.3, 0.4) is 0 Å². The van der Waals surface area contributed by atoms with Crippen LogP contribution in [0.15, 0.2) is 12.2 Å². The molecule has 0 bridgehead atoms. The first-order valence-corrected chi connectivity index (χ1v) is 13.6. The molecule has 0 spiro atoms. The summed E-state index contributed by atoms with van der Waals surface area (Å²) in [5, 5.41) is 0. The highest BCUT2D eigenvalue weighted by Crippen LogP contribution is 2.28. The van der Waals surface area contributed by atoms with Gasteiger partial charge in [-0.25, -0.2) is 0 Å². The average Bonchev–Trinajstić information content (AvgIpc) is 2.39. The maximum absolute atomic E-state index is 6.60. The molecule has 1 unspecified atom stereocenters. The van der Waals surface area contributed by atoms with Crippen molar-refractivity contribution in [2.45, 2.75) is 103 Å². The van der Waals surface area contributed by atoms with Crippen molar-refractivity contribution < 1.29 is 0 Å². The van der Waals surface area contributed by atoms with Gasteiger partial charge in [-0.2, -0.15) is 11.1 Å². The molecular weight excluding hydrogens is 292 g/mol. The molecule has 124 valence electrons. The van der Waals surface area contributed by atoms with E-state index in [2.05, 4.69) is 25.2 Å². The molecule has 0 aromatic carbocycles. The van der Waals surface area contributed by atoms with Crippen molar-refractivity contribution in [3.8, 4) is 0 Å². The first-order valence-electron chi connectivity index (χ1n) is 9.42. The molecule has 0 radical (unpaired) electrons. The largest absolute Gasteiger partial charge is 0.168 e. The van der Waals surface area contributed by atoms with Gasteiger partial charge >= 0.3 is 0 Å². The van der Waals surface area contributed by atoms with E-state index in [0.29, 0.717) is 0 Å². The Morgan fingerprint density at radius 2 is 1.29 bits per heavy atom. The number of allylic oxidation sites excluding steroid dienone is 2. The molecule has 0 N–H and O–H groups in total. The molecular formula is C19H37ClSi. The lowest BCUT2D eigenvalue weighted by Crippen LogP contribution is -2.21. The fraction of sp³-hybridized carbons (Fsp3) is 0.895. The zero-order valence-electron chi connectivity index (χ0n) is 14.5. The average molecular weight is 329 g/mol. The van der Waals surface area contributed by atoms with Crippen molar-refractivity contribution in [1.82, 2.24) is 0 Å². The van der Waals surface area contributed by atoms with Crippen molar-refractivity contribution in [3.63, 3.8) is 0 Å². The van der Waals surface area contributed by atoms with Crippen LogP contribution in [0.4, 0.5) is 0 Å². The van der Waals surface area contributed by atoms with E-state index in [9.17, 15) is 0 Å². The fourth-order valence-electron chi connectivity index (χ4n) is 3.54. The van der Waals surface area contributed by atoms with E-state index < -0.39 is 7.38 Å². The highest BCUT2D eigenvalue weighted by atomic mass is 35.6. The fourth-order valence-corrected chi connectivity index (χ4v) is 5.97. The summed E-state index contributed by atoms with van der Waals surface area (Å²) in [7, 11) is -1.42. The lowest BCUT2D eigenvalue weighted by atomic mass is 9.96. The van der Waals surface area contributed by atoms with Crippen LogP contribution in [-0.4, -0.2) is 7.38 Å². The minimum atomic E-state index is -1.42. The molecule has 0 nitrogen and oxygen atoms in total. The van der Waals surface area contributed by atoms with E-state index in [1.165, 1.54) is 89.5 Å². The Kier molecular flexibility index (Phi) is 10.8. The minimum Gasteiger partial charge on any atom is -0.168 e. The number of rotatable bonds is 2. The molecule has 0 aliphatic heterocycles. The smallest absolute Gasteiger partial charge is 0.150 e. The molecule has 0 amide bonds. The Morgan fingerprint density at radius 1 is 0.762 bits per heavy atom. The number of hydrogen-bond donors (Lipinski definition) is 0. The molecule has 1 aliphatic rings. The zero-order chi connectivity index (χ0) is 15.4. The van der Waals surface area contributed by atoms with E-state index in [1.54, 1.807) is 0 Å². The van der Waals surface area contributed by atoms with Gasteiger partial charge in [0, 0.05) is 0 Å². The summed E-state index contributed by atoms with van der Waals surface area (Å²) in [6.07, 6.45) is 23.2.